The summed E-state index contributed by atoms with van der Waals surface area (Å²) in [5.41, 5.74) is 3.51. The van der Waals surface area contributed by atoms with Crippen molar-refractivity contribution in [3.63, 3.8) is 0 Å². The first-order valence-electron chi connectivity index (χ1n) is 8.83. The maximum absolute atomic E-state index is 6.27. The van der Waals surface area contributed by atoms with E-state index >= 15 is 0 Å². The topological polar surface area (TPSA) is 41.1 Å². The molecule has 0 saturated carbocycles. The van der Waals surface area contributed by atoms with Gasteiger partial charge < -0.3 is 9.72 Å². The lowest BCUT2D eigenvalue weighted by Crippen LogP contribution is -2.30. The van der Waals surface area contributed by atoms with Crippen molar-refractivity contribution in [2.45, 2.75) is 31.8 Å². The Morgan fingerprint density at radius 3 is 2.92 bits per heavy atom. The van der Waals surface area contributed by atoms with Crippen molar-refractivity contribution in [1.29, 1.82) is 0 Å². The highest BCUT2D eigenvalue weighted by molar-refractivity contribution is 6.32. The highest BCUT2D eigenvalue weighted by Crippen LogP contribution is 2.29. The molecule has 1 aliphatic rings. The quantitative estimate of drug-likeness (QED) is 0.618. The predicted molar refractivity (Wildman–Crippen MR) is 106 cm³/mol. The molecule has 1 saturated heterocycles. The number of pyridine rings is 1. The van der Waals surface area contributed by atoms with E-state index in [4.69, 9.17) is 27.9 Å². The third-order valence-corrected chi connectivity index (χ3v) is 5.73. The Kier molecular flexibility index (Phi) is 5.07. The number of hydrogen-bond donors (Lipinski definition) is 1. The Morgan fingerprint density at radius 1 is 1.23 bits per heavy atom. The Bertz CT molecular complexity index is 925. The molecule has 26 heavy (non-hydrogen) atoms. The fourth-order valence-electron chi connectivity index (χ4n) is 3.82. The largest absolute Gasteiger partial charge is 0.497 e. The number of benzene rings is 1. The summed E-state index contributed by atoms with van der Waals surface area (Å²) in [6.45, 7) is 1.88. The van der Waals surface area contributed by atoms with Crippen LogP contribution in [-0.4, -0.2) is 34.6 Å². The van der Waals surface area contributed by atoms with Gasteiger partial charge in [0.1, 0.15) is 16.1 Å². The van der Waals surface area contributed by atoms with E-state index < -0.39 is 0 Å². The van der Waals surface area contributed by atoms with Gasteiger partial charge in [-0.1, -0.05) is 29.3 Å². The number of nitrogens with one attached hydrogen (secondary N) is 1. The van der Waals surface area contributed by atoms with Crippen molar-refractivity contribution < 1.29 is 4.74 Å². The van der Waals surface area contributed by atoms with E-state index in [1.54, 1.807) is 13.2 Å². The number of ether oxygens (including phenoxy) is 1. The van der Waals surface area contributed by atoms with E-state index in [-0.39, 0.29) is 0 Å². The number of likely N-dealkylation sites (tertiary alicyclic amines) is 1. The summed E-state index contributed by atoms with van der Waals surface area (Å²) in [6, 6.07) is 10.4. The van der Waals surface area contributed by atoms with E-state index in [1.165, 1.54) is 23.8 Å². The molecule has 0 bridgehead atoms. The average Bonchev–Trinajstić information content (AvgIpc) is 3.24. The minimum atomic E-state index is 0.435. The van der Waals surface area contributed by atoms with Gasteiger partial charge in [0, 0.05) is 35.2 Å². The number of rotatable bonds is 5. The van der Waals surface area contributed by atoms with Gasteiger partial charge >= 0.3 is 0 Å². The number of H-pyrrole nitrogens is 1. The highest BCUT2D eigenvalue weighted by atomic mass is 35.5. The summed E-state index contributed by atoms with van der Waals surface area (Å²) in [5.74, 6) is 0.889. The standard InChI is InChI=1S/C20H21Cl2N3O/c1-26-16-5-6-18-17(10-16)14(11-23-18)9-15-3-2-8-25(15)12-13-4-7-19(21)24-20(13)22/h4-7,10-11,15,23H,2-3,8-9,12H2,1H3/t15-/m1/s1. The molecule has 4 rings (SSSR count). The predicted octanol–water partition coefficient (Wildman–Crippen LogP) is 5.09. The van der Waals surface area contributed by atoms with Crippen LogP contribution in [0.4, 0.5) is 0 Å². The first kappa shape index (κ1) is 17.7. The zero-order valence-electron chi connectivity index (χ0n) is 14.6. The molecule has 3 aromatic rings. The Balaban J connectivity index is 1.54. The lowest BCUT2D eigenvalue weighted by molar-refractivity contribution is 0.244. The summed E-state index contributed by atoms with van der Waals surface area (Å²) in [7, 11) is 1.70. The van der Waals surface area contributed by atoms with Gasteiger partial charge in [-0.05, 0) is 55.6 Å². The lowest BCUT2D eigenvalue weighted by atomic mass is 10.0. The van der Waals surface area contributed by atoms with E-state index in [0.717, 1.165) is 36.3 Å². The molecule has 2 aromatic heterocycles. The zero-order chi connectivity index (χ0) is 18.1. The molecule has 0 spiro atoms. The van der Waals surface area contributed by atoms with E-state index in [1.807, 2.05) is 12.1 Å². The SMILES string of the molecule is COc1ccc2[nH]cc(C[C@H]3CCCN3Cc3ccc(Cl)nc3Cl)c2c1. The number of halogens is 2. The smallest absolute Gasteiger partial charge is 0.135 e. The number of methoxy groups -OCH3 is 1. The molecule has 1 aromatic carbocycles. The molecule has 6 heteroatoms. The van der Waals surface area contributed by atoms with E-state index in [0.29, 0.717) is 16.3 Å². The number of hydrogen-bond acceptors (Lipinski definition) is 3. The Morgan fingerprint density at radius 2 is 2.12 bits per heavy atom. The van der Waals surface area contributed by atoms with Crippen molar-refractivity contribution in [2.24, 2.45) is 0 Å². The van der Waals surface area contributed by atoms with Crippen LogP contribution in [0.15, 0.2) is 36.5 Å². The Labute approximate surface area is 163 Å². The lowest BCUT2D eigenvalue weighted by Gasteiger charge is -2.24. The normalized spacial score (nSPS) is 17.9. The van der Waals surface area contributed by atoms with Crippen LogP contribution in [-0.2, 0) is 13.0 Å². The molecule has 3 heterocycles. The molecule has 1 N–H and O–H groups in total. The number of aromatic amines is 1. The first-order valence-corrected chi connectivity index (χ1v) is 9.58. The third kappa shape index (κ3) is 3.54. The molecule has 4 nitrogen and oxygen atoms in total. The average molecular weight is 390 g/mol. The minimum absolute atomic E-state index is 0.435. The molecule has 1 fully saturated rings. The van der Waals surface area contributed by atoms with Crippen molar-refractivity contribution in [1.82, 2.24) is 14.9 Å². The first-order chi connectivity index (χ1) is 12.6. The van der Waals surface area contributed by atoms with Gasteiger partial charge in [-0.15, -0.1) is 0 Å². The van der Waals surface area contributed by atoms with Crippen LogP contribution in [0.2, 0.25) is 10.3 Å². The second kappa shape index (κ2) is 7.47. The molecule has 1 aliphatic heterocycles. The summed E-state index contributed by atoms with van der Waals surface area (Å²) in [5, 5.41) is 2.17. The minimum Gasteiger partial charge on any atom is -0.497 e. The fourth-order valence-corrected chi connectivity index (χ4v) is 4.22. The summed E-state index contributed by atoms with van der Waals surface area (Å²) in [4.78, 5) is 10.0. The number of aromatic nitrogens is 2. The van der Waals surface area contributed by atoms with Crippen molar-refractivity contribution in [3.05, 3.63) is 58.0 Å². The molecule has 136 valence electrons. The van der Waals surface area contributed by atoms with Crippen LogP contribution in [0.25, 0.3) is 10.9 Å². The van der Waals surface area contributed by atoms with Crippen LogP contribution in [0, 0.1) is 0 Å². The molecule has 0 radical (unpaired) electrons. The second-order valence-corrected chi connectivity index (χ2v) is 7.53. The maximum atomic E-state index is 6.27. The van der Waals surface area contributed by atoms with Crippen molar-refractivity contribution >= 4 is 34.1 Å². The third-order valence-electron chi connectivity index (χ3n) is 5.19. The van der Waals surface area contributed by atoms with Crippen LogP contribution in [0.5, 0.6) is 5.75 Å². The molecular formula is C20H21Cl2N3O. The highest BCUT2D eigenvalue weighted by Gasteiger charge is 2.26. The zero-order valence-corrected chi connectivity index (χ0v) is 16.1. The van der Waals surface area contributed by atoms with Gasteiger partial charge in [0.2, 0.25) is 0 Å². The van der Waals surface area contributed by atoms with Crippen molar-refractivity contribution in [2.75, 3.05) is 13.7 Å². The van der Waals surface area contributed by atoms with Crippen LogP contribution in [0.1, 0.15) is 24.0 Å². The van der Waals surface area contributed by atoms with E-state index in [2.05, 4.69) is 33.2 Å². The summed E-state index contributed by atoms with van der Waals surface area (Å²) < 4.78 is 5.38. The molecule has 0 amide bonds. The molecule has 1 atom stereocenters. The van der Waals surface area contributed by atoms with E-state index in [9.17, 15) is 0 Å². The van der Waals surface area contributed by atoms with Gasteiger partial charge in [0.15, 0.2) is 0 Å². The Hall–Kier alpha value is -1.75. The second-order valence-electron chi connectivity index (χ2n) is 6.78. The molecule has 0 aliphatic carbocycles. The van der Waals surface area contributed by atoms with Gasteiger partial charge in [0.25, 0.3) is 0 Å². The number of fused-ring (bicyclic) bond motifs is 1. The van der Waals surface area contributed by atoms with Gasteiger partial charge in [-0.3, -0.25) is 4.90 Å². The fraction of sp³-hybridized carbons (Fsp3) is 0.350. The maximum Gasteiger partial charge on any atom is 0.135 e. The molecular weight excluding hydrogens is 369 g/mol. The van der Waals surface area contributed by atoms with Gasteiger partial charge in [0.05, 0.1) is 7.11 Å². The van der Waals surface area contributed by atoms with Crippen LogP contribution >= 0.6 is 23.2 Å². The summed E-state index contributed by atoms with van der Waals surface area (Å²) in [6.07, 6.45) is 5.52. The van der Waals surface area contributed by atoms with Crippen LogP contribution < -0.4 is 4.74 Å². The van der Waals surface area contributed by atoms with Crippen molar-refractivity contribution in [3.8, 4) is 5.75 Å². The number of nitrogens with zero attached hydrogens (tertiary/aromatic N) is 2. The van der Waals surface area contributed by atoms with Crippen LogP contribution in [0.3, 0.4) is 0 Å². The monoisotopic (exact) mass is 389 g/mol. The van der Waals surface area contributed by atoms with Gasteiger partial charge in [-0.2, -0.15) is 0 Å². The van der Waals surface area contributed by atoms with Gasteiger partial charge in [-0.25, -0.2) is 4.98 Å². The summed E-state index contributed by atoms with van der Waals surface area (Å²) >= 11 is 12.2. The molecule has 0 unspecified atom stereocenters.